The van der Waals surface area contributed by atoms with Crippen LogP contribution in [0.1, 0.15) is 32.3 Å². The van der Waals surface area contributed by atoms with E-state index < -0.39 is 0 Å². The molecule has 0 bridgehead atoms. The van der Waals surface area contributed by atoms with E-state index in [4.69, 9.17) is 5.73 Å². The summed E-state index contributed by atoms with van der Waals surface area (Å²) in [4.78, 5) is 28.6. The van der Waals surface area contributed by atoms with E-state index in [9.17, 15) is 9.59 Å². The monoisotopic (exact) mass is 331 g/mol. The van der Waals surface area contributed by atoms with Crippen molar-refractivity contribution in [3.8, 4) is 0 Å². The summed E-state index contributed by atoms with van der Waals surface area (Å²) in [6, 6.07) is 9.92. The summed E-state index contributed by atoms with van der Waals surface area (Å²) in [7, 11) is 0. The fourth-order valence-electron chi connectivity index (χ4n) is 2.95. The molecule has 1 saturated heterocycles. The molecular weight excluding hydrogens is 302 g/mol. The van der Waals surface area contributed by atoms with Gasteiger partial charge in [0.1, 0.15) is 0 Å². The SMILES string of the molecule is CC(N)C(C)C(=O)N1CCCN(C(=O)CCc2ccccc2)CC1. The van der Waals surface area contributed by atoms with Crippen molar-refractivity contribution >= 4 is 11.8 Å². The minimum atomic E-state index is -0.176. The number of nitrogens with zero attached hydrogens (tertiary/aromatic N) is 2. The van der Waals surface area contributed by atoms with Crippen molar-refractivity contribution in [3.05, 3.63) is 35.9 Å². The number of aryl methyl sites for hydroxylation is 1. The van der Waals surface area contributed by atoms with Gasteiger partial charge in [-0.25, -0.2) is 0 Å². The number of hydrogen-bond donors (Lipinski definition) is 1. The molecule has 0 saturated carbocycles. The summed E-state index contributed by atoms with van der Waals surface area (Å²) in [5.41, 5.74) is 7.02. The van der Waals surface area contributed by atoms with Gasteiger partial charge in [-0.2, -0.15) is 0 Å². The van der Waals surface area contributed by atoms with Crippen LogP contribution in [0.3, 0.4) is 0 Å². The summed E-state index contributed by atoms with van der Waals surface area (Å²) < 4.78 is 0. The highest BCUT2D eigenvalue weighted by Crippen LogP contribution is 2.12. The van der Waals surface area contributed by atoms with E-state index in [-0.39, 0.29) is 23.8 Å². The first-order chi connectivity index (χ1) is 11.5. The molecule has 132 valence electrons. The number of carbonyl (C=O) groups excluding carboxylic acids is 2. The zero-order chi connectivity index (χ0) is 17.5. The Bertz CT molecular complexity index is 545. The highest BCUT2D eigenvalue weighted by Gasteiger charge is 2.26. The Balaban J connectivity index is 1.84. The molecule has 1 aliphatic rings. The van der Waals surface area contributed by atoms with Crippen LogP contribution < -0.4 is 5.73 Å². The molecule has 1 fully saturated rings. The predicted octanol–water partition coefficient (Wildman–Crippen LogP) is 1.66. The Labute approximate surface area is 144 Å². The highest BCUT2D eigenvalue weighted by atomic mass is 16.2. The minimum Gasteiger partial charge on any atom is -0.341 e. The summed E-state index contributed by atoms with van der Waals surface area (Å²) in [5, 5.41) is 0. The molecule has 2 rings (SSSR count). The molecule has 0 aliphatic carbocycles. The van der Waals surface area contributed by atoms with Crippen molar-refractivity contribution < 1.29 is 9.59 Å². The molecule has 2 unspecified atom stereocenters. The van der Waals surface area contributed by atoms with E-state index in [1.807, 2.05) is 54.0 Å². The standard InChI is InChI=1S/C19H29N3O2/c1-15(16(2)20)19(24)22-12-6-11-21(13-14-22)18(23)10-9-17-7-4-3-5-8-17/h3-5,7-8,15-16H,6,9-14,20H2,1-2H3. The summed E-state index contributed by atoms with van der Waals surface area (Å²) in [6.45, 7) is 6.39. The second-order valence-electron chi connectivity index (χ2n) is 6.69. The molecule has 2 amide bonds. The number of carbonyl (C=O) groups is 2. The van der Waals surface area contributed by atoms with Crippen LogP contribution >= 0.6 is 0 Å². The van der Waals surface area contributed by atoms with Crippen LogP contribution in [-0.2, 0) is 16.0 Å². The maximum atomic E-state index is 12.4. The second-order valence-corrected chi connectivity index (χ2v) is 6.69. The highest BCUT2D eigenvalue weighted by molar-refractivity contribution is 5.80. The van der Waals surface area contributed by atoms with Crippen molar-refractivity contribution in [3.63, 3.8) is 0 Å². The van der Waals surface area contributed by atoms with Crippen LogP contribution in [0, 0.1) is 5.92 Å². The molecule has 2 N–H and O–H groups in total. The lowest BCUT2D eigenvalue weighted by Gasteiger charge is -2.26. The molecule has 24 heavy (non-hydrogen) atoms. The van der Waals surface area contributed by atoms with E-state index in [0.29, 0.717) is 26.1 Å². The Morgan fingerprint density at radius 3 is 2.33 bits per heavy atom. The minimum absolute atomic E-state index is 0.101. The van der Waals surface area contributed by atoms with Gasteiger partial charge >= 0.3 is 0 Å². The Hall–Kier alpha value is -1.88. The van der Waals surface area contributed by atoms with E-state index in [2.05, 4.69) is 0 Å². The third-order valence-corrected chi connectivity index (χ3v) is 4.81. The maximum absolute atomic E-state index is 12.4. The third-order valence-electron chi connectivity index (χ3n) is 4.81. The topological polar surface area (TPSA) is 66.6 Å². The normalized spacial score (nSPS) is 18.0. The summed E-state index contributed by atoms with van der Waals surface area (Å²) in [6.07, 6.45) is 2.11. The Morgan fingerprint density at radius 2 is 1.67 bits per heavy atom. The molecule has 1 aliphatic heterocycles. The number of hydrogen-bond acceptors (Lipinski definition) is 3. The van der Waals surface area contributed by atoms with Crippen molar-refractivity contribution in [2.75, 3.05) is 26.2 Å². The van der Waals surface area contributed by atoms with Crippen LogP contribution in [0.5, 0.6) is 0 Å². The molecular formula is C19H29N3O2. The van der Waals surface area contributed by atoms with Crippen molar-refractivity contribution in [2.24, 2.45) is 11.7 Å². The van der Waals surface area contributed by atoms with Gasteiger partial charge in [-0.05, 0) is 25.3 Å². The lowest BCUT2D eigenvalue weighted by atomic mass is 10.0. The van der Waals surface area contributed by atoms with Gasteiger partial charge in [-0.15, -0.1) is 0 Å². The Kier molecular flexibility index (Phi) is 6.79. The maximum Gasteiger partial charge on any atom is 0.227 e. The third kappa shape index (κ3) is 5.06. The average molecular weight is 331 g/mol. The zero-order valence-corrected chi connectivity index (χ0v) is 14.8. The van der Waals surface area contributed by atoms with Crippen molar-refractivity contribution in [2.45, 2.75) is 39.2 Å². The summed E-state index contributed by atoms with van der Waals surface area (Å²) in [5.74, 6) is 0.0994. The lowest BCUT2D eigenvalue weighted by Crippen LogP contribution is -2.43. The summed E-state index contributed by atoms with van der Waals surface area (Å²) >= 11 is 0. The van der Waals surface area contributed by atoms with Gasteiger partial charge in [0.05, 0.1) is 5.92 Å². The fraction of sp³-hybridized carbons (Fsp3) is 0.579. The molecule has 1 heterocycles. The van der Waals surface area contributed by atoms with E-state index in [0.717, 1.165) is 19.4 Å². The molecule has 5 nitrogen and oxygen atoms in total. The Morgan fingerprint density at radius 1 is 1.04 bits per heavy atom. The van der Waals surface area contributed by atoms with Crippen LogP contribution in [-0.4, -0.2) is 53.8 Å². The average Bonchev–Trinajstić information content (AvgIpc) is 2.85. The number of amides is 2. The lowest BCUT2D eigenvalue weighted by molar-refractivity contribution is -0.136. The predicted molar refractivity (Wildman–Crippen MR) is 95.4 cm³/mol. The first-order valence-corrected chi connectivity index (χ1v) is 8.85. The smallest absolute Gasteiger partial charge is 0.227 e. The van der Waals surface area contributed by atoms with Crippen molar-refractivity contribution in [1.82, 2.24) is 9.80 Å². The van der Waals surface area contributed by atoms with Gasteiger partial charge < -0.3 is 15.5 Å². The van der Waals surface area contributed by atoms with E-state index in [1.54, 1.807) is 0 Å². The first kappa shape index (κ1) is 18.5. The molecule has 0 radical (unpaired) electrons. The molecule has 5 heteroatoms. The van der Waals surface area contributed by atoms with Crippen LogP contribution in [0.2, 0.25) is 0 Å². The van der Waals surface area contributed by atoms with Gasteiger partial charge in [-0.3, -0.25) is 9.59 Å². The molecule has 2 atom stereocenters. The van der Waals surface area contributed by atoms with Crippen molar-refractivity contribution in [1.29, 1.82) is 0 Å². The van der Waals surface area contributed by atoms with Gasteiger partial charge in [0, 0.05) is 38.6 Å². The van der Waals surface area contributed by atoms with Crippen LogP contribution in [0.15, 0.2) is 30.3 Å². The van der Waals surface area contributed by atoms with Crippen LogP contribution in [0.4, 0.5) is 0 Å². The molecule has 0 aromatic heterocycles. The van der Waals surface area contributed by atoms with Gasteiger partial charge in [0.15, 0.2) is 0 Å². The quantitative estimate of drug-likeness (QED) is 0.892. The first-order valence-electron chi connectivity index (χ1n) is 8.85. The number of nitrogens with two attached hydrogens (primary N) is 1. The fourth-order valence-corrected chi connectivity index (χ4v) is 2.95. The molecule has 1 aromatic carbocycles. The molecule has 0 spiro atoms. The van der Waals surface area contributed by atoms with Gasteiger partial charge in [0.2, 0.25) is 11.8 Å². The second kappa shape index (κ2) is 8.83. The van der Waals surface area contributed by atoms with Gasteiger partial charge in [-0.1, -0.05) is 37.3 Å². The zero-order valence-electron chi connectivity index (χ0n) is 14.8. The largest absolute Gasteiger partial charge is 0.341 e. The van der Waals surface area contributed by atoms with E-state index >= 15 is 0 Å². The van der Waals surface area contributed by atoms with E-state index in [1.165, 1.54) is 5.56 Å². The molecule has 1 aromatic rings. The number of rotatable bonds is 5. The van der Waals surface area contributed by atoms with Gasteiger partial charge in [0.25, 0.3) is 0 Å². The van der Waals surface area contributed by atoms with Crippen LogP contribution in [0.25, 0.3) is 0 Å². The number of benzene rings is 1.